The molecule has 1 heterocycles. The van der Waals surface area contributed by atoms with E-state index >= 15 is 0 Å². The highest BCUT2D eigenvalue weighted by atomic mass is 16.1. The van der Waals surface area contributed by atoms with Gasteiger partial charge in [0.05, 0.1) is 5.70 Å². The Morgan fingerprint density at radius 3 is 3.00 bits per heavy atom. The van der Waals surface area contributed by atoms with Crippen LogP contribution in [0, 0.1) is 0 Å². The molecule has 10 heavy (non-hydrogen) atoms. The predicted octanol–water partition coefficient (Wildman–Crippen LogP) is 1.02. The molecule has 2 aliphatic rings. The largest absolute Gasteiger partial charge is 0.289 e. The summed E-state index contributed by atoms with van der Waals surface area (Å²) in [6.07, 6.45) is 8.47. The molecule has 0 N–H and O–H groups in total. The number of nitrogens with zero attached hydrogens (tertiary/aromatic N) is 1. The molecular formula is C8H5NO. The van der Waals surface area contributed by atoms with Crippen LogP contribution in [0.25, 0.3) is 0 Å². The number of rotatable bonds is 0. The lowest BCUT2D eigenvalue weighted by Gasteiger charge is -2.00. The van der Waals surface area contributed by atoms with E-state index in [-0.39, 0.29) is 5.78 Å². The van der Waals surface area contributed by atoms with Crippen LogP contribution < -0.4 is 0 Å². The standard InChI is InChI=1S/C8H5NO/c10-8-3-1-2-7-6(8)4-5-9-7/h1-5H. The molecule has 0 bridgehead atoms. The van der Waals surface area contributed by atoms with Gasteiger partial charge in [-0.15, -0.1) is 0 Å². The zero-order chi connectivity index (χ0) is 6.97. The average Bonchev–Trinajstić information content (AvgIpc) is 2.36. The Morgan fingerprint density at radius 2 is 2.20 bits per heavy atom. The molecule has 1 aliphatic heterocycles. The molecule has 0 unspecified atom stereocenters. The Labute approximate surface area is 58.3 Å². The van der Waals surface area contributed by atoms with Gasteiger partial charge in [-0.05, 0) is 18.2 Å². The molecule has 2 rings (SSSR count). The van der Waals surface area contributed by atoms with Crippen LogP contribution in [-0.4, -0.2) is 12.0 Å². The molecule has 0 aromatic carbocycles. The van der Waals surface area contributed by atoms with Gasteiger partial charge in [0.15, 0.2) is 5.78 Å². The zero-order valence-corrected chi connectivity index (χ0v) is 5.24. The maximum absolute atomic E-state index is 11.0. The zero-order valence-electron chi connectivity index (χ0n) is 5.24. The van der Waals surface area contributed by atoms with Crippen molar-refractivity contribution in [2.45, 2.75) is 0 Å². The fourth-order valence-electron chi connectivity index (χ4n) is 1.00. The first-order chi connectivity index (χ1) is 4.88. The lowest BCUT2D eigenvalue weighted by molar-refractivity contribution is -0.111. The SMILES string of the molecule is O=C1C=CC=C2N=CC=C12. The Hall–Kier alpha value is -1.44. The molecule has 0 fully saturated rings. The average molecular weight is 131 g/mol. The summed E-state index contributed by atoms with van der Waals surface area (Å²) in [6, 6.07) is 0. The first-order valence-electron chi connectivity index (χ1n) is 3.05. The molecule has 0 spiro atoms. The highest BCUT2D eigenvalue weighted by molar-refractivity contribution is 6.12. The fourth-order valence-corrected chi connectivity index (χ4v) is 1.00. The van der Waals surface area contributed by atoms with E-state index in [1.54, 1.807) is 24.4 Å². The number of hydrogen-bond acceptors (Lipinski definition) is 2. The van der Waals surface area contributed by atoms with Gasteiger partial charge in [-0.3, -0.25) is 9.79 Å². The van der Waals surface area contributed by atoms with Gasteiger partial charge in [0.1, 0.15) is 0 Å². The normalized spacial score (nSPS) is 20.6. The molecule has 0 saturated carbocycles. The molecule has 48 valence electrons. The monoisotopic (exact) mass is 131 g/mol. The second kappa shape index (κ2) is 1.77. The van der Waals surface area contributed by atoms with Crippen LogP contribution in [0.5, 0.6) is 0 Å². The number of aliphatic imine (C=N–C) groups is 1. The quantitative estimate of drug-likeness (QED) is 0.482. The summed E-state index contributed by atoms with van der Waals surface area (Å²) in [7, 11) is 0. The van der Waals surface area contributed by atoms with Crippen molar-refractivity contribution in [2.24, 2.45) is 4.99 Å². The molecule has 0 radical (unpaired) electrons. The van der Waals surface area contributed by atoms with Crippen molar-refractivity contribution in [3.63, 3.8) is 0 Å². The minimum Gasteiger partial charge on any atom is -0.289 e. The smallest absolute Gasteiger partial charge is 0.188 e. The van der Waals surface area contributed by atoms with Crippen molar-refractivity contribution in [1.82, 2.24) is 0 Å². The second-order valence-corrected chi connectivity index (χ2v) is 2.13. The minimum atomic E-state index is 0.0509. The minimum absolute atomic E-state index is 0.0509. The van der Waals surface area contributed by atoms with Crippen LogP contribution in [0.15, 0.2) is 40.6 Å². The van der Waals surface area contributed by atoms with E-state index < -0.39 is 0 Å². The number of carbonyl (C=O) groups excluding carboxylic acids is 1. The summed E-state index contributed by atoms with van der Waals surface area (Å²) in [5, 5.41) is 0. The van der Waals surface area contributed by atoms with Crippen molar-refractivity contribution in [2.75, 3.05) is 0 Å². The van der Waals surface area contributed by atoms with Crippen LogP contribution in [0.4, 0.5) is 0 Å². The maximum Gasteiger partial charge on any atom is 0.188 e. The van der Waals surface area contributed by atoms with Gasteiger partial charge in [-0.25, -0.2) is 0 Å². The Kier molecular flexibility index (Phi) is 0.947. The summed E-state index contributed by atoms with van der Waals surface area (Å²) >= 11 is 0. The molecule has 0 amide bonds. The summed E-state index contributed by atoms with van der Waals surface area (Å²) in [5.41, 5.74) is 1.50. The summed E-state index contributed by atoms with van der Waals surface area (Å²) in [5.74, 6) is 0.0509. The predicted molar refractivity (Wildman–Crippen MR) is 38.8 cm³/mol. The first-order valence-corrected chi connectivity index (χ1v) is 3.05. The van der Waals surface area contributed by atoms with E-state index in [1.165, 1.54) is 0 Å². The van der Waals surface area contributed by atoms with E-state index in [4.69, 9.17) is 0 Å². The van der Waals surface area contributed by atoms with Gasteiger partial charge in [0.25, 0.3) is 0 Å². The van der Waals surface area contributed by atoms with Crippen LogP contribution >= 0.6 is 0 Å². The van der Waals surface area contributed by atoms with Crippen molar-refractivity contribution in [3.05, 3.63) is 35.6 Å². The lowest BCUT2D eigenvalue weighted by Crippen LogP contribution is -2.00. The van der Waals surface area contributed by atoms with E-state index in [0.29, 0.717) is 5.57 Å². The maximum atomic E-state index is 11.0. The first kappa shape index (κ1) is 5.35. The van der Waals surface area contributed by atoms with Crippen molar-refractivity contribution in [1.29, 1.82) is 0 Å². The summed E-state index contributed by atoms with van der Waals surface area (Å²) in [6.45, 7) is 0. The van der Waals surface area contributed by atoms with E-state index in [0.717, 1.165) is 5.70 Å². The van der Waals surface area contributed by atoms with E-state index in [9.17, 15) is 4.79 Å². The van der Waals surface area contributed by atoms with E-state index in [2.05, 4.69) is 4.99 Å². The van der Waals surface area contributed by atoms with Gasteiger partial charge in [-0.1, -0.05) is 6.08 Å². The van der Waals surface area contributed by atoms with Crippen LogP contribution in [0.1, 0.15) is 0 Å². The number of hydrogen-bond donors (Lipinski definition) is 0. The highest BCUT2D eigenvalue weighted by Gasteiger charge is 2.15. The third-order valence-electron chi connectivity index (χ3n) is 1.50. The molecule has 2 nitrogen and oxygen atoms in total. The molecule has 0 atom stereocenters. The summed E-state index contributed by atoms with van der Waals surface area (Å²) in [4.78, 5) is 15.0. The number of fused-ring (bicyclic) bond motifs is 1. The molecule has 1 aliphatic carbocycles. The topological polar surface area (TPSA) is 29.4 Å². The van der Waals surface area contributed by atoms with Gasteiger partial charge in [0, 0.05) is 11.8 Å². The molecular weight excluding hydrogens is 126 g/mol. The van der Waals surface area contributed by atoms with Crippen LogP contribution in [0.2, 0.25) is 0 Å². The third kappa shape index (κ3) is 0.589. The van der Waals surface area contributed by atoms with Crippen LogP contribution in [0.3, 0.4) is 0 Å². The molecule has 0 aromatic heterocycles. The van der Waals surface area contributed by atoms with E-state index in [1.807, 2.05) is 6.08 Å². The number of ketones is 1. The Morgan fingerprint density at radius 1 is 1.30 bits per heavy atom. The molecule has 2 heteroatoms. The van der Waals surface area contributed by atoms with Crippen molar-refractivity contribution in [3.8, 4) is 0 Å². The number of carbonyl (C=O) groups is 1. The second-order valence-electron chi connectivity index (χ2n) is 2.13. The molecule has 0 saturated heterocycles. The Balaban J connectivity index is 2.54. The van der Waals surface area contributed by atoms with Crippen LogP contribution in [-0.2, 0) is 4.79 Å². The van der Waals surface area contributed by atoms with Gasteiger partial charge in [0.2, 0.25) is 0 Å². The molecule has 0 aromatic rings. The van der Waals surface area contributed by atoms with Gasteiger partial charge >= 0.3 is 0 Å². The van der Waals surface area contributed by atoms with Gasteiger partial charge in [-0.2, -0.15) is 0 Å². The number of allylic oxidation sites excluding steroid dienone is 5. The van der Waals surface area contributed by atoms with Crippen molar-refractivity contribution < 1.29 is 4.79 Å². The fraction of sp³-hybridized carbons (Fsp3) is 0. The van der Waals surface area contributed by atoms with Gasteiger partial charge < -0.3 is 0 Å². The summed E-state index contributed by atoms with van der Waals surface area (Å²) < 4.78 is 0. The lowest BCUT2D eigenvalue weighted by atomic mass is 10.0. The highest BCUT2D eigenvalue weighted by Crippen LogP contribution is 2.20. The van der Waals surface area contributed by atoms with Crippen molar-refractivity contribution >= 4 is 12.0 Å². The Bertz CT molecular complexity index is 299. The third-order valence-corrected chi connectivity index (χ3v) is 1.50.